The summed E-state index contributed by atoms with van der Waals surface area (Å²) >= 11 is 5.98. The van der Waals surface area contributed by atoms with Gasteiger partial charge in [0, 0.05) is 24.8 Å². The summed E-state index contributed by atoms with van der Waals surface area (Å²) in [6, 6.07) is 6.66. The smallest absolute Gasteiger partial charge is 0.411 e. The number of benzene rings is 2. The number of hydrogen-bond donors (Lipinski definition) is 1. The quantitative estimate of drug-likeness (QED) is 0.312. The van der Waals surface area contributed by atoms with E-state index in [4.69, 9.17) is 11.6 Å². The second-order valence-corrected chi connectivity index (χ2v) is 6.41. The summed E-state index contributed by atoms with van der Waals surface area (Å²) in [5.41, 5.74) is -0.355. The van der Waals surface area contributed by atoms with E-state index in [0.29, 0.717) is 0 Å². The number of amides is 1. The van der Waals surface area contributed by atoms with Crippen molar-refractivity contribution in [2.75, 3.05) is 30.4 Å². The van der Waals surface area contributed by atoms with Crippen LogP contribution >= 0.6 is 11.6 Å². The summed E-state index contributed by atoms with van der Waals surface area (Å²) in [6.07, 6.45) is -0.743. The van der Waals surface area contributed by atoms with Gasteiger partial charge < -0.3 is 9.64 Å². The van der Waals surface area contributed by atoms with Crippen molar-refractivity contribution >= 4 is 51.8 Å². The fourth-order valence-corrected chi connectivity index (χ4v) is 2.92. The molecule has 0 aliphatic rings. The van der Waals surface area contributed by atoms with Crippen LogP contribution in [0.5, 0.6) is 0 Å². The Morgan fingerprint density at radius 3 is 2.35 bits per heavy atom. The molecule has 31 heavy (non-hydrogen) atoms. The van der Waals surface area contributed by atoms with Gasteiger partial charge in [0.1, 0.15) is 5.69 Å². The zero-order valence-electron chi connectivity index (χ0n) is 16.9. The summed E-state index contributed by atoms with van der Waals surface area (Å²) in [5, 5.41) is 32.3. The number of nitrogens with one attached hydrogen (secondary N) is 1. The van der Waals surface area contributed by atoms with E-state index in [1.54, 1.807) is 18.2 Å². The Labute approximate surface area is 181 Å². The van der Waals surface area contributed by atoms with Gasteiger partial charge in [0.05, 0.1) is 33.7 Å². The third-order valence-corrected chi connectivity index (χ3v) is 4.51. The lowest BCUT2D eigenvalue weighted by Gasteiger charge is -2.22. The number of azo groups is 1. The number of carbonyl (C=O) groups excluding carboxylic acids is 1. The first kappa shape index (κ1) is 23.5. The number of nitrogens with zero attached hydrogens (tertiary/aromatic N) is 5. The molecule has 0 aliphatic heterocycles. The summed E-state index contributed by atoms with van der Waals surface area (Å²) in [7, 11) is 1.20. The molecule has 0 fully saturated rings. The highest BCUT2D eigenvalue weighted by Crippen LogP contribution is 2.40. The molecular formula is C18H19ClN6O6. The third kappa shape index (κ3) is 5.63. The molecule has 0 aromatic heterocycles. The van der Waals surface area contributed by atoms with Crippen LogP contribution in [0.4, 0.5) is 38.9 Å². The second kappa shape index (κ2) is 10.3. The maximum Gasteiger partial charge on any atom is 0.411 e. The van der Waals surface area contributed by atoms with Crippen LogP contribution in [0.25, 0.3) is 0 Å². The van der Waals surface area contributed by atoms with Crippen molar-refractivity contribution in [3.63, 3.8) is 0 Å². The van der Waals surface area contributed by atoms with Crippen molar-refractivity contribution in [1.82, 2.24) is 0 Å². The monoisotopic (exact) mass is 450 g/mol. The fourth-order valence-electron chi connectivity index (χ4n) is 2.68. The largest absolute Gasteiger partial charge is 0.453 e. The SMILES string of the molecule is CCN(CC)c1ccc(N=Nc2c(Cl)cc([N+](=O)[O-])cc2[N+](=O)[O-])c(NC(=O)OC)c1. The van der Waals surface area contributed by atoms with E-state index in [0.717, 1.165) is 30.9 Å². The Hall–Kier alpha value is -3.80. The highest BCUT2D eigenvalue weighted by Gasteiger charge is 2.24. The van der Waals surface area contributed by atoms with E-state index in [1.807, 2.05) is 18.7 Å². The molecule has 2 aromatic rings. The van der Waals surface area contributed by atoms with Gasteiger partial charge in [0.25, 0.3) is 5.69 Å². The molecule has 0 radical (unpaired) electrons. The Kier molecular flexibility index (Phi) is 7.80. The van der Waals surface area contributed by atoms with Gasteiger partial charge in [-0.15, -0.1) is 10.2 Å². The zero-order chi connectivity index (χ0) is 23.1. The van der Waals surface area contributed by atoms with Gasteiger partial charge in [-0.25, -0.2) is 4.79 Å². The average Bonchev–Trinajstić information content (AvgIpc) is 2.73. The van der Waals surface area contributed by atoms with E-state index in [2.05, 4.69) is 20.3 Å². The molecule has 0 heterocycles. The van der Waals surface area contributed by atoms with E-state index in [1.165, 1.54) is 7.11 Å². The summed E-state index contributed by atoms with van der Waals surface area (Å²) in [4.78, 5) is 34.4. The molecule has 1 N–H and O–H groups in total. The highest BCUT2D eigenvalue weighted by molar-refractivity contribution is 6.33. The van der Waals surface area contributed by atoms with E-state index in [9.17, 15) is 25.0 Å². The van der Waals surface area contributed by atoms with Crippen LogP contribution in [-0.4, -0.2) is 36.1 Å². The molecule has 0 saturated carbocycles. The second-order valence-electron chi connectivity index (χ2n) is 6.00. The molecular weight excluding hydrogens is 432 g/mol. The minimum atomic E-state index is -0.843. The minimum Gasteiger partial charge on any atom is -0.453 e. The van der Waals surface area contributed by atoms with Crippen molar-refractivity contribution in [3.05, 3.63) is 55.6 Å². The molecule has 0 spiro atoms. The van der Waals surface area contributed by atoms with Gasteiger partial charge in [0.2, 0.25) is 0 Å². The highest BCUT2D eigenvalue weighted by atomic mass is 35.5. The standard InChI is InChI=1S/C18H19ClN6O6/c1-4-23(5-2)11-6-7-14(15(9-11)20-18(26)31-3)21-22-17-13(19)8-12(24(27)28)10-16(17)25(29)30/h6-10H,4-5H2,1-3H3,(H,20,26). The van der Waals surface area contributed by atoms with E-state index >= 15 is 0 Å². The number of rotatable bonds is 8. The van der Waals surface area contributed by atoms with E-state index < -0.39 is 27.3 Å². The molecule has 0 unspecified atom stereocenters. The van der Waals surface area contributed by atoms with Crippen molar-refractivity contribution < 1.29 is 19.4 Å². The average molecular weight is 451 g/mol. The molecule has 0 bridgehead atoms. The number of ether oxygens (including phenoxy) is 1. The number of nitro groups is 2. The number of non-ortho nitro benzene ring substituents is 1. The Morgan fingerprint density at radius 2 is 1.81 bits per heavy atom. The molecule has 0 saturated heterocycles. The number of hydrogen-bond acceptors (Lipinski definition) is 9. The van der Waals surface area contributed by atoms with Crippen LogP contribution in [0.3, 0.4) is 0 Å². The Balaban J connectivity index is 2.55. The predicted octanol–water partition coefficient (Wildman–Crippen LogP) is 5.60. The molecule has 2 rings (SSSR count). The first-order valence-electron chi connectivity index (χ1n) is 8.99. The maximum atomic E-state index is 11.7. The van der Waals surface area contributed by atoms with Crippen LogP contribution in [0, 0.1) is 20.2 Å². The van der Waals surface area contributed by atoms with Gasteiger partial charge in [-0.1, -0.05) is 11.6 Å². The summed E-state index contributed by atoms with van der Waals surface area (Å²) in [5.74, 6) is 0. The third-order valence-electron chi connectivity index (χ3n) is 4.22. The first-order valence-corrected chi connectivity index (χ1v) is 9.37. The number of anilines is 2. The van der Waals surface area contributed by atoms with Crippen LogP contribution in [0.2, 0.25) is 5.02 Å². The van der Waals surface area contributed by atoms with Crippen LogP contribution in [0.15, 0.2) is 40.6 Å². The van der Waals surface area contributed by atoms with Crippen molar-refractivity contribution in [3.8, 4) is 0 Å². The molecule has 13 heteroatoms. The number of carbonyl (C=O) groups is 1. The molecule has 164 valence electrons. The van der Waals surface area contributed by atoms with Gasteiger partial charge in [-0.05, 0) is 32.0 Å². The van der Waals surface area contributed by atoms with E-state index in [-0.39, 0.29) is 22.1 Å². The fraction of sp³-hybridized carbons (Fsp3) is 0.278. The summed E-state index contributed by atoms with van der Waals surface area (Å²) < 4.78 is 4.62. The maximum absolute atomic E-state index is 11.7. The molecule has 1 amide bonds. The van der Waals surface area contributed by atoms with Crippen molar-refractivity contribution in [1.29, 1.82) is 0 Å². The lowest BCUT2D eigenvalue weighted by Crippen LogP contribution is -2.22. The number of halogens is 1. The lowest BCUT2D eigenvalue weighted by atomic mass is 10.2. The molecule has 12 nitrogen and oxygen atoms in total. The molecule has 0 atom stereocenters. The number of nitro benzene ring substituents is 2. The molecule has 2 aromatic carbocycles. The van der Waals surface area contributed by atoms with Crippen LogP contribution < -0.4 is 10.2 Å². The molecule has 0 aliphatic carbocycles. The number of methoxy groups -OCH3 is 1. The van der Waals surface area contributed by atoms with Crippen LogP contribution in [0.1, 0.15) is 13.8 Å². The normalized spacial score (nSPS) is 10.7. The zero-order valence-corrected chi connectivity index (χ0v) is 17.6. The van der Waals surface area contributed by atoms with Gasteiger partial charge >= 0.3 is 11.8 Å². The Bertz CT molecular complexity index is 1040. The summed E-state index contributed by atoms with van der Waals surface area (Å²) in [6.45, 7) is 5.39. The topological polar surface area (TPSA) is 153 Å². The van der Waals surface area contributed by atoms with Gasteiger partial charge in [-0.2, -0.15) is 0 Å². The predicted molar refractivity (Wildman–Crippen MR) is 115 cm³/mol. The van der Waals surface area contributed by atoms with Crippen molar-refractivity contribution in [2.45, 2.75) is 13.8 Å². The van der Waals surface area contributed by atoms with Gasteiger partial charge in [0.15, 0.2) is 5.69 Å². The lowest BCUT2D eigenvalue weighted by molar-refractivity contribution is -0.393. The van der Waals surface area contributed by atoms with Crippen molar-refractivity contribution in [2.24, 2.45) is 10.2 Å². The van der Waals surface area contributed by atoms with Crippen LogP contribution in [-0.2, 0) is 4.74 Å². The Morgan fingerprint density at radius 1 is 1.13 bits per heavy atom. The van der Waals surface area contributed by atoms with Gasteiger partial charge in [-0.3, -0.25) is 25.5 Å². The minimum absolute atomic E-state index is 0.171. The first-order chi connectivity index (χ1) is 14.7.